The summed E-state index contributed by atoms with van der Waals surface area (Å²) < 4.78 is 44.1. The SMILES string of the molecule is O=S1(=O)Cc2cc(Br)c(F)cc2N1C1COC1. The third kappa shape index (κ3) is 1.68. The van der Waals surface area contributed by atoms with Gasteiger partial charge < -0.3 is 4.74 Å². The molecule has 17 heavy (non-hydrogen) atoms. The molecule has 92 valence electrons. The summed E-state index contributed by atoms with van der Waals surface area (Å²) in [6.45, 7) is 0.743. The largest absolute Gasteiger partial charge is 0.377 e. The van der Waals surface area contributed by atoms with Gasteiger partial charge in [0.05, 0.1) is 35.2 Å². The Bertz CT molecular complexity index is 585. The monoisotopic (exact) mass is 321 g/mol. The van der Waals surface area contributed by atoms with Crippen LogP contribution in [0, 0.1) is 5.82 Å². The van der Waals surface area contributed by atoms with Gasteiger partial charge in [0, 0.05) is 0 Å². The van der Waals surface area contributed by atoms with Gasteiger partial charge in [0.1, 0.15) is 5.82 Å². The Morgan fingerprint density at radius 1 is 1.41 bits per heavy atom. The second-order valence-electron chi connectivity index (χ2n) is 4.14. The molecule has 0 atom stereocenters. The Morgan fingerprint density at radius 3 is 2.71 bits per heavy atom. The number of hydrogen-bond donors (Lipinski definition) is 0. The van der Waals surface area contributed by atoms with Crippen molar-refractivity contribution < 1.29 is 17.5 Å². The summed E-state index contributed by atoms with van der Waals surface area (Å²) in [6.07, 6.45) is 0. The van der Waals surface area contributed by atoms with E-state index in [1.807, 2.05) is 0 Å². The van der Waals surface area contributed by atoms with Crippen LogP contribution < -0.4 is 4.31 Å². The normalized spacial score (nSPS) is 22.4. The summed E-state index contributed by atoms with van der Waals surface area (Å²) in [5, 5.41) is 0. The lowest BCUT2D eigenvalue weighted by molar-refractivity contribution is 0.0147. The first-order valence-electron chi connectivity index (χ1n) is 5.07. The summed E-state index contributed by atoms with van der Waals surface area (Å²) in [7, 11) is -3.37. The number of hydrogen-bond acceptors (Lipinski definition) is 3. The van der Waals surface area contributed by atoms with Crippen molar-refractivity contribution in [2.75, 3.05) is 17.5 Å². The first-order chi connectivity index (χ1) is 7.99. The van der Waals surface area contributed by atoms with Crippen molar-refractivity contribution in [1.29, 1.82) is 0 Å². The highest BCUT2D eigenvalue weighted by atomic mass is 79.9. The quantitative estimate of drug-likeness (QED) is 0.790. The number of rotatable bonds is 1. The van der Waals surface area contributed by atoms with Crippen molar-refractivity contribution in [3.8, 4) is 0 Å². The predicted octanol–water partition coefficient (Wildman–Crippen LogP) is 1.64. The van der Waals surface area contributed by atoms with Gasteiger partial charge in [-0.05, 0) is 33.6 Å². The standard InChI is InChI=1S/C10H9BrFNO3S/c11-8-1-6-5-17(14,15)13(7-3-16-4-7)10(6)2-9(8)12/h1-2,7H,3-5H2. The van der Waals surface area contributed by atoms with Gasteiger partial charge in [-0.2, -0.15) is 0 Å². The highest BCUT2D eigenvalue weighted by Crippen LogP contribution is 2.39. The molecule has 2 aliphatic rings. The molecule has 0 N–H and O–H groups in total. The molecule has 7 heteroatoms. The number of anilines is 1. The van der Waals surface area contributed by atoms with Crippen LogP contribution in [-0.2, 0) is 20.5 Å². The van der Waals surface area contributed by atoms with Gasteiger partial charge in [-0.15, -0.1) is 0 Å². The Morgan fingerprint density at radius 2 is 2.12 bits per heavy atom. The Labute approximate surface area is 107 Å². The highest BCUT2D eigenvalue weighted by Gasteiger charge is 2.41. The average Bonchev–Trinajstić information content (AvgIpc) is 2.38. The molecular weight excluding hydrogens is 313 g/mol. The number of sulfonamides is 1. The van der Waals surface area contributed by atoms with E-state index >= 15 is 0 Å². The number of nitrogens with zero attached hydrogens (tertiary/aromatic N) is 1. The van der Waals surface area contributed by atoms with Gasteiger partial charge in [-0.3, -0.25) is 4.31 Å². The average molecular weight is 322 g/mol. The molecule has 2 aliphatic heterocycles. The third-order valence-corrected chi connectivity index (χ3v) is 5.33. The van der Waals surface area contributed by atoms with Crippen molar-refractivity contribution in [2.45, 2.75) is 11.8 Å². The van der Waals surface area contributed by atoms with Crippen LogP contribution in [0.15, 0.2) is 16.6 Å². The molecule has 0 bridgehead atoms. The lowest BCUT2D eigenvalue weighted by Crippen LogP contribution is -2.50. The van der Waals surface area contributed by atoms with Crippen LogP contribution >= 0.6 is 15.9 Å². The van der Waals surface area contributed by atoms with Crippen LogP contribution in [0.1, 0.15) is 5.56 Å². The van der Waals surface area contributed by atoms with Gasteiger partial charge >= 0.3 is 0 Å². The zero-order valence-corrected chi connectivity index (χ0v) is 11.1. The summed E-state index contributed by atoms with van der Waals surface area (Å²) in [6, 6.07) is 2.60. The van der Waals surface area contributed by atoms with Crippen LogP contribution in [0.5, 0.6) is 0 Å². The minimum absolute atomic E-state index is 0.0717. The van der Waals surface area contributed by atoms with E-state index in [2.05, 4.69) is 15.9 Å². The molecule has 3 rings (SSSR count). The van der Waals surface area contributed by atoms with Crippen molar-refractivity contribution in [2.24, 2.45) is 0 Å². The summed E-state index contributed by atoms with van der Waals surface area (Å²) in [4.78, 5) is 0. The molecule has 4 nitrogen and oxygen atoms in total. The van der Waals surface area contributed by atoms with E-state index < -0.39 is 15.8 Å². The minimum Gasteiger partial charge on any atom is -0.377 e. The van der Waals surface area contributed by atoms with E-state index in [0.717, 1.165) is 0 Å². The maximum Gasteiger partial charge on any atom is 0.239 e. The molecule has 0 amide bonds. The molecule has 1 saturated heterocycles. The van der Waals surface area contributed by atoms with Crippen molar-refractivity contribution in [3.05, 3.63) is 28.0 Å². The first-order valence-corrected chi connectivity index (χ1v) is 7.47. The second kappa shape index (κ2) is 3.66. The molecule has 1 aromatic rings. The fourth-order valence-corrected chi connectivity index (χ4v) is 4.30. The zero-order valence-electron chi connectivity index (χ0n) is 8.69. The molecule has 0 unspecified atom stereocenters. The molecular formula is C10H9BrFNO3S. The van der Waals surface area contributed by atoms with Crippen LogP contribution in [0.3, 0.4) is 0 Å². The molecule has 0 radical (unpaired) electrons. The number of halogens is 2. The predicted molar refractivity (Wildman–Crippen MR) is 63.8 cm³/mol. The lowest BCUT2D eigenvalue weighted by atomic mass is 10.1. The first kappa shape index (κ1) is 11.4. The summed E-state index contributed by atoms with van der Waals surface area (Å²) in [5.41, 5.74) is 1.07. The maximum atomic E-state index is 13.5. The van der Waals surface area contributed by atoms with Crippen molar-refractivity contribution >= 4 is 31.6 Å². The summed E-state index contributed by atoms with van der Waals surface area (Å²) in [5.74, 6) is -0.524. The molecule has 0 spiro atoms. The van der Waals surface area contributed by atoms with Crippen LogP contribution in [0.4, 0.5) is 10.1 Å². The smallest absolute Gasteiger partial charge is 0.239 e. The second-order valence-corrected chi connectivity index (χ2v) is 6.84. The van der Waals surface area contributed by atoms with E-state index in [1.165, 1.54) is 16.4 Å². The van der Waals surface area contributed by atoms with Crippen LogP contribution in [-0.4, -0.2) is 27.7 Å². The fraction of sp³-hybridized carbons (Fsp3) is 0.400. The van der Waals surface area contributed by atoms with E-state index in [1.54, 1.807) is 0 Å². The van der Waals surface area contributed by atoms with E-state index in [0.29, 0.717) is 24.5 Å². The molecule has 1 fully saturated rings. The maximum absolute atomic E-state index is 13.5. The fourth-order valence-electron chi connectivity index (χ4n) is 2.10. The van der Waals surface area contributed by atoms with Crippen molar-refractivity contribution in [1.82, 2.24) is 0 Å². The Hall–Kier alpha value is -0.660. The third-order valence-electron chi connectivity index (χ3n) is 2.95. The van der Waals surface area contributed by atoms with E-state index in [9.17, 15) is 12.8 Å². The molecule has 0 saturated carbocycles. The molecule has 0 aromatic heterocycles. The van der Waals surface area contributed by atoms with Gasteiger partial charge in [0.15, 0.2) is 0 Å². The number of ether oxygens (including phenoxy) is 1. The molecule has 1 aromatic carbocycles. The van der Waals surface area contributed by atoms with Gasteiger partial charge in [-0.1, -0.05) is 0 Å². The van der Waals surface area contributed by atoms with Gasteiger partial charge in [0.2, 0.25) is 10.0 Å². The highest BCUT2D eigenvalue weighted by molar-refractivity contribution is 9.10. The van der Waals surface area contributed by atoms with Crippen LogP contribution in [0.25, 0.3) is 0 Å². The lowest BCUT2D eigenvalue weighted by Gasteiger charge is -2.35. The summed E-state index contributed by atoms with van der Waals surface area (Å²) >= 11 is 3.06. The van der Waals surface area contributed by atoms with Crippen molar-refractivity contribution in [3.63, 3.8) is 0 Å². The number of benzene rings is 1. The number of fused-ring (bicyclic) bond motifs is 1. The minimum atomic E-state index is -3.37. The molecule has 2 heterocycles. The Balaban J connectivity index is 2.14. The zero-order chi connectivity index (χ0) is 12.2. The molecule has 0 aliphatic carbocycles. The van der Waals surface area contributed by atoms with E-state index in [4.69, 9.17) is 4.74 Å². The topological polar surface area (TPSA) is 46.6 Å². The van der Waals surface area contributed by atoms with Crippen LogP contribution in [0.2, 0.25) is 0 Å². The Kier molecular flexibility index (Phi) is 2.46. The van der Waals surface area contributed by atoms with Gasteiger partial charge in [-0.25, -0.2) is 12.8 Å². The van der Waals surface area contributed by atoms with E-state index in [-0.39, 0.29) is 16.3 Å². The van der Waals surface area contributed by atoms with Gasteiger partial charge in [0.25, 0.3) is 0 Å².